The molecular weight excluding hydrogens is 150 g/mol. The van der Waals surface area contributed by atoms with Gasteiger partial charge in [-0.2, -0.15) is 0 Å². The third kappa shape index (κ3) is 1.48. The Labute approximate surface area is 63.3 Å². The summed E-state index contributed by atoms with van der Waals surface area (Å²) in [6.45, 7) is 0. The van der Waals surface area contributed by atoms with Crippen LogP contribution in [0, 0.1) is 0 Å². The summed E-state index contributed by atoms with van der Waals surface area (Å²) in [5.74, 6) is -1.03. The normalized spacial score (nSPS) is 29.8. The molecule has 1 amide bonds. The highest BCUT2D eigenvalue weighted by atomic mass is 16.5. The average Bonchev–Trinajstić information content (AvgIpc) is 2.31. The fraction of sp³-hybridized carbons (Fsp3) is 0.667. The number of rotatable bonds is 1. The van der Waals surface area contributed by atoms with Gasteiger partial charge in [-0.25, -0.2) is 4.79 Å². The highest BCUT2D eigenvalue weighted by molar-refractivity contribution is 5.90. The third-order valence-corrected chi connectivity index (χ3v) is 1.56. The van der Waals surface area contributed by atoms with Crippen molar-refractivity contribution in [3.05, 3.63) is 0 Å². The summed E-state index contributed by atoms with van der Waals surface area (Å²) in [6.07, 6.45) is -0.968. The summed E-state index contributed by atoms with van der Waals surface area (Å²) in [5, 5.41) is 11.2. The monoisotopic (exact) mass is 159 g/mol. The van der Waals surface area contributed by atoms with Crippen molar-refractivity contribution in [1.82, 2.24) is 5.32 Å². The third-order valence-electron chi connectivity index (χ3n) is 1.56. The first-order valence-corrected chi connectivity index (χ1v) is 3.21. The van der Waals surface area contributed by atoms with Crippen molar-refractivity contribution >= 4 is 11.9 Å². The lowest BCUT2D eigenvalue weighted by molar-refractivity contribution is -0.143. The lowest BCUT2D eigenvalue weighted by Crippen LogP contribution is -2.34. The largest absolute Gasteiger partial charge is 0.467 e. The molecule has 0 saturated carbocycles. The van der Waals surface area contributed by atoms with Gasteiger partial charge in [-0.3, -0.25) is 4.79 Å². The van der Waals surface area contributed by atoms with Crippen LogP contribution in [0.15, 0.2) is 0 Å². The minimum absolute atomic E-state index is 0.103. The second kappa shape index (κ2) is 2.87. The topological polar surface area (TPSA) is 75.6 Å². The van der Waals surface area contributed by atoms with Crippen LogP contribution in [0.25, 0.3) is 0 Å². The fourth-order valence-electron chi connectivity index (χ4n) is 0.955. The van der Waals surface area contributed by atoms with Crippen LogP contribution in [-0.2, 0) is 14.3 Å². The number of esters is 1. The van der Waals surface area contributed by atoms with Gasteiger partial charge in [0.1, 0.15) is 12.1 Å². The van der Waals surface area contributed by atoms with E-state index in [1.54, 1.807) is 0 Å². The molecule has 2 N–H and O–H groups in total. The molecule has 1 saturated heterocycles. The van der Waals surface area contributed by atoms with Gasteiger partial charge in [0.05, 0.1) is 7.11 Å². The highest BCUT2D eigenvalue weighted by Gasteiger charge is 2.35. The van der Waals surface area contributed by atoms with Gasteiger partial charge in [0, 0.05) is 6.42 Å². The zero-order chi connectivity index (χ0) is 8.43. The van der Waals surface area contributed by atoms with Crippen molar-refractivity contribution < 1.29 is 19.4 Å². The van der Waals surface area contributed by atoms with Gasteiger partial charge < -0.3 is 15.2 Å². The molecule has 0 aliphatic carbocycles. The molecule has 62 valence electrons. The minimum Gasteiger partial charge on any atom is -0.467 e. The quantitative estimate of drug-likeness (QED) is 0.452. The Kier molecular flexibility index (Phi) is 2.09. The Balaban J connectivity index is 2.53. The van der Waals surface area contributed by atoms with E-state index in [1.807, 2.05) is 0 Å². The lowest BCUT2D eigenvalue weighted by Gasteiger charge is -2.04. The standard InChI is InChI=1S/C6H9NO4/c1-11-6(10)3-2-4(8)5(9)7-3/h3-4,8H,2H2,1H3,(H,7,9)/t3-,4+/m1/s1. The second-order valence-electron chi connectivity index (χ2n) is 2.34. The van der Waals surface area contributed by atoms with Crippen molar-refractivity contribution in [2.24, 2.45) is 0 Å². The number of amides is 1. The van der Waals surface area contributed by atoms with Crippen molar-refractivity contribution in [2.45, 2.75) is 18.6 Å². The molecule has 1 aliphatic heterocycles. The number of hydrogen-bond acceptors (Lipinski definition) is 4. The number of carbonyl (C=O) groups is 2. The summed E-state index contributed by atoms with van der Waals surface area (Å²) in [6, 6.07) is -0.678. The first-order valence-electron chi connectivity index (χ1n) is 3.21. The highest BCUT2D eigenvalue weighted by Crippen LogP contribution is 2.08. The molecule has 0 aromatic heterocycles. The van der Waals surface area contributed by atoms with E-state index in [4.69, 9.17) is 5.11 Å². The van der Waals surface area contributed by atoms with Gasteiger partial charge in [-0.1, -0.05) is 0 Å². The molecule has 0 spiro atoms. The van der Waals surface area contributed by atoms with Gasteiger partial charge in [-0.15, -0.1) is 0 Å². The van der Waals surface area contributed by atoms with Crippen LogP contribution in [0.2, 0.25) is 0 Å². The van der Waals surface area contributed by atoms with Crippen molar-refractivity contribution in [2.75, 3.05) is 7.11 Å². The maximum absolute atomic E-state index is 10.8. The maximum atomic E-state index is 10.8. The van der Waals surface area contributed by atoms with Crippen LogP contribution < -0.4 is 5.32 Å². The number of aliphatic hydroxyl groups excluding tert-OH is 1. The Bertz CT molecular complexity index is 191. The smallest absolute Gasteiger partial charge is 0.328 e. The summed E-state index contributed by atoms with van der Waals surface area (Å²) in [5.41, 5.74) is 0. The molecule has 0 radical (unpaired) electrons. The van der Waals surface area contributed by atoms with E-state index in [1.165, 1.54) is 7.11 Å². The van der Waals surface area contributed by atoms with Crippen LogP contribution in [0.3, 0.4) is 0 Å². The van der Waals surface area contributed by atoms with E-state index >= 15 is 0 Å². The first-order chi connectivity index (χ1) is 5.15. The van der Waals surface area contributed by atoms with Crippen LogP contribution in [0.4, 0.5) is 0 Å². The molecule has 0 bridgehead atoms. The summed E-state index contributed by atoms with van der Waals surface area (Å²) < 4.78 is 4.37. The van der Waals surface area contributed by atoms with E-state index in [-0.39, 0.29) is 6.42 Å². The molecule has 11 heavy (non-hydrogen) atoms. The fourth-order valence-corrected chi connectivity index (χ4v) is 0.955. The SMILES string of the molecule is COC(=O)[C@H]1C[C@H](O)C(=O)N1. The number of hydrogen-bond donors (Lipinski definition) is 2. The number of ether oxygens (including phenoxy) is 1. The van der Waals surface area contributed by atoms with E-state index in [2.05, 4.69) is 10.1 Å². The molecule has 5 nitrogen and oxygen atoms in total. The summed E-state index contributed by atoms with van der Waals surface area (Å²) in [4.78, 5) is 21.4. The second-order valence-corrected chi connectivity index (χ2v) is 2.34. The molecule has 2 atom stereocenters. The Hall–Kier alpha value is -1.10. The molecule has 0 unspecified atom stereocenters. The molecule has 1 rings (SSSR count). The Morgan fingerprint density at radius 1 is 1.82 bits per heavy atom. The van der Waals surface area contributed by atoms with Gasteiger partial charge in [0.15, 0.2) is 0 Å². The van der Waals surface area contributed by atoms with Crippen molar-refractivity contribution in [3.8, 4) is 0 Å². The Morgan fingerprint density at radius 3 is 2.82 bits per heavy atom. The van der Waals surface area contributed by atoms with Crippen molar-refractivity contribution in [1.29, 1.82) is 0 Å². The molecule has 1 heterocycles. The van der Waals surface area contributed by atoms with Gasteiger partial charge in [0.25, 0.3) is 0 Å². The van der Waals surface area contributed by atoms with E-state index in [0.717, 1.165) is 0 Å². The lowest BCUT2D eigenvalue weighted by atomic mass is 10.2. The Morgan fingerprint density at radius 2 is 2.45 bits per heavy atom. The van der Waals surface area contributed by atoms with E-state index < -0.39 is 24.0 Å². The van der Waals surface area contributed by atoms with Gasteiger partial charge in [0.2, 0.25) is 5.91 Å². The summed E-state index contributed by atoms with van der Waals surface area (Å²) in [7, 11) is 1.24. The predicted molar refractivity (Wildman–Crippen MR) is 34.6 cm³/mol. The van der Waals surface area contributed by atoms with E-state index in [0.29, 0.717) is 0 Å². The number of aliphatic hydroxyl groups is 1. The zero-order valence-corrected chi connectivity index (χ0v) is 6.03. The maximum Gasteiger partial charge on any atom is 0.328 e. The van der Waals surface area contributed by atoms with Crippen LogP contribution >= 0.6 is 0 Å². The number of nitrogens with one attached hydrogen (secondary N) is 1. The van der Waals surface area contributed by atoms with Crippen molar-refractivity contribution in [3.63, 3.8) is 0 Å². The van der Waals surface area contributed by atoms with Gasteiger partial charge >= 0.3 is 5.97 Å². The van der Waals surface area contributed by atoms with Gasteiger partial charge in [-0.05, 0) is 0 Å². The van der Waals surface area contributed by atoms with E-state index in [9.17, 15) is 9.59 Å². The summed E-state index contributed by atoms with van der Waals surface area (Å²) >= 11 is 0. The first kappa shape index (κ1) is 8.00. The van der Waals surface area contributed by atoms with Crippen LogP contribution in [0.1, 0.15) is 6.42 Å². The van der Waals surface area contributed by atoms with Crippen LogP contribution in [0.5, 0.6) is 0 Å². The number of carbonyl (C=O) groups excluding carboxylic acids is 2. The molecular formula is C6H9NO4. The number of methoxy groups -OCH3 is 1. The molecule has 1 fully saturated rings. The minimum atomic E-state index is -1.07. The zero-order valence-electron chi connectivity index (χ0n) is 6.03. The molecule has 5 heteroatoms. The molecule has 0 aromatic rings. The molecule has 0 aromatic carbocycles. The molecule has 1 aliphatic rings. The average molecular weight is 159 g/mol. The van der Waals surface area contributed by atoms with Crippen LogP contribution in [-0.4, -0.2) is 36.2 Å². The predicted octanol–water partition coefficient (Wildman–Crippen LogP) is -1.59.